The van der Waals surface area contributed by atoms with Crippen molar-refractivity contribution >= 4 is 0 Å². The fourth-order valence-corrected chi connectivity index (χ4v) is 3.03. The van der Waals surface area contributed by atoms with Gasteiger partial charge in [0.25, 0.3) is 0 Å². The molecule has 0 aromatic heterocycles. The van der Waals surface area contributed by atoms with Gasteiger partial charge in [0.1, 0.15) is 0 Å². The topological polar surface area (TPSA) is 20.2 Å². The predicted molar refractivity (Wildman–Crippen MR) is 67.4 cm³/mol. The lowest BCUT2D eigenvalue weighted by Gasteiger charge is -2.38. The van der Waals surface area contributed by atoms with Gasteiger partial charge in [-0.1, -0.05) is 32.0 Å². The normalized spacial score (nSPS) is 28.3. The van der Waals surface area contributed by atoms with Crippen molar-refractivity contribution in [2.45, 2.75) is 52.6 Å². The van der Waals surface area contributed by atoms with Crippen molar-refractivity contribution in [1.29, 1.82) is 0 Å². The number of aliphatic hydroxyl groups is 1. The second-order valence-electron chi connectivity index (χ2n) is 5.85. The van der Waals surface area contributed by atoms with Gasteiger partial charge in [0.15, 0.2) is 0 Å². The first-order valence-electron chi connectivity index (χ1n) is 6.17. The van der Waals surface area contributed by atoms with Gasteiger partial charge in [-0.3, -0.25) is 0 Å². The summed E-state index contributed by atoms with van der Waals surface area (Å²) in [5, 5.41) is 11.0. The molecular weight excluding hydrogens is 196 g/mol. The van der Waals surface area contributed by atoms with E-state index in [4.69, 9.17) is 0 Å². The molecule has 1 nitrogen and oxygen atoms in total. The van der Waals surface area contributed by atoms with E-state index in [0.717, 1.165) is 24.8 Å². The lowest BCUT2D eigenvalue weighted by atomic mass is 9.72. The number of rotatable bonds is 1. The van der Waals surface area contributed by atoms with Crippen LogP contribution in [0, 0.1) is 19.3 Å². The zero-order valence-electron chi connectivity index (χ0n) is 10.8. The minimum Gasteiger partial charge on any atom is -0.385 e. The Morgan fingerprint density at radius 3 is 2.38 bits per heavy atom. The molecule has 1 N–H and O–H groups in total. The van der Waals surface area contributed by atoms with Crippen LogP contribution < -0.4 is 0 Å². The van der Waals surface area contributed by atoms with E-state index >= 15 is 0 Å². The SMILES string of the molecule is Cc1cccc(C2(O)CCCC2(C)C)c1C. The molecule has 0 heterocycles. The maximum atomic E-state index is 11.0. The van der Waals surface area contributed by atoms with E-state index in [0.29, 0.717) is 0 Å². The van der Waals surface area contributed by atoms with E-state index < -0.39 is 5.60 Å². The van der Waals surface area contributed by atoms with Gasteiger partial charge < -0.3 is 5.11 Å². The molecule has 0 aliphatic heterocycles. The van der Waals surface area contributed by atoms with Crippen LogP contribution in [0.4, 0.5) is 0 Å². The molecular formula is C15H22O. The van der Waals surface area contributed by atoms with E-state index in [1.807, 2.05) is 0 Å². The molecule has 88 valence electrons. The lowest BCUT2D eigenvalue weighted by Crippen LogP contribution is -2.37. The van der Waals surface area contributed by atoms with Gasteiger partial charge in [0.2, 0.25) is 0 Å². The van der Waals surface area contributed by atoms with Crippen LogP contribution in [0.1, 0.15) is 49.8 Å². The van der Waals surface area contributed by atoms with Crippen molar-refractivity contribution in [2.24, 2.45) is 5.41 Å². The maximum absolute atomic E-state index is 11.0. The molecule has 1 aromatic carbocycles. The number of hydrogen-bond acceptors (Lipinski definition) is 1. The third kappa shape index (κ3) is 1.49. The Morgan fingerprint density at radius 2 is 1.81 bits per heavy atom. The summed E-state index contributed by atoms with van der Waals surface area (Å²) in [6.45, 7) is 8.60. The molecule has 0 spiro atoms. The second-order valence-corrected chi connectivity index (χ2v) is 5.85. The summed E-state index contributed by atoms with van der Waals surface area (Å²) in [6.07, 6.45) is 3.12. The van der Waals surface area contributed by atoms with Crippen LogP contribution in [0.25, 0.3) is 0 Å². The molecule has 1 aliphatic carbocycles. The van der Waals surface area contributed by atoms with E-state index in [2.05, 4.69) is 45.9 Å². The molecule has 0 radical (unpaired) electrons. The van der Waals surface area contributed by atoms with Crippen LogP contribution in [0.2, 0.25) is 0 Å². The minimum atomic E-state index is -0.636. The standard InChI is InChI=1S/C15H22O/c1-11-7-5-8-13(12(11)2)15(16)10-6-9-14(15,3)4/h5,7-8,16H,6,9-10H2,1-4H3. The Labute approximate surface area is 98.5 Å². The van der Waals surface area contributed by atoms with Gasteiger partial charge >= 0.3 is 0 Å². The van der Waals surface area contributed by atoms with Gasteiger partial charge in [0, 0.05) is 0 Å². The highest BCUT2D eigenvalue weighted by Crippen LogP contribution is 2.52. The summed E-state index contributed by atoms with van der Waals surface area (Å²) < 4.78 is 0. The largest absolute Gasteiger partial charge is 0.385 e. The summed E-state index contributed by atoms with van der Waals surface area (Å²) >= 11 is 0. The molecule has 1 heteroatoms. The van der Waals surface area contributed by atoms with E-state index in [1.54, 1.807) is 0 Å². The molecule has 1 atom stereocenters. The van der Waals surface area contributed by atoms with Crippen molar-refractivity contribution in [1.82, 2.24) is 0 Å². The Balaban J connectivity index is 2.55. The van der Waals surface area contributed by atoms with Crippen LogP contribution in [0.5, 0.6) is 0 Å². The highest BCUT2D eigenvalue weighted by Gasteiger charge is 2.49. The second kappa shape index (κ2) is 3.59. The highest BCUT2D eigenvalue weighted by atomic mass is 16.3. The van der Waals surface area contributed by atoms with Crippen LogP contribution in [0.3, 0.4) is 0 Å². The Bertz CT molecular complexity index is 406. The zero-order valence-corrected chi connectivity index (χ0v) is 10.8. The van der Waals surface area contributed by atoms with Crippen LogP contribution in [-0.2, 0) is 5.60 Å². The van der Waals surface area contributed by atoms with Crippen molar-refractivity contribution in [3.8, 4) is 0 Å². The molecule has 0 amide bonds. The molecule has 2 rings (SSSR count). The lowest BCUT2D eigenvalue weighted by molar-refractivity contribution is -0.0490. The molecule has 0 saturated heterocycles. The van der Waals surface area contributed by atoms with E-state index in [-0.39, 0.29) is 5.41 Å². The zero-order chi connectivity index (χ0) is 12.0. The molecule has 1 unspecified atom stereocenters. The summed E-state index contributed by atoms with van der Waals surface area (Å²) in [6, 6.07) is 6.27. The molecule has 16 heavy (non-hydrogen) atoms. The number of aryl methyl sites for hydroxylation is 1. The Morgan fingerprint density at radius 1 is 1.12 bits per heavy atom. The average molecular weight is 218 g/mol. The summed E-state index contributed by atoms with van der Waals surface area (Å²) in [5.74, 6) is 0. The van der Waals surface area contributed by atoms with Gasteiger partial charge in [0.05, 0.1) is 5.60 Å². The fraction of sp³-hybridized carbons (Fsp3) is 0.600. The van der Waals surface area contributed by atoms with E-state index in [1.165, 1.54) is 11.1 Å². The summed E-state index contributed by atoms with van der Waals surface area (Å²) in [7, 11) is 0. The quantitative estimate of drug-likeness (QED) is 0.762. The third-order valence-corrected chi connectivity index (χ3v) is 4.51. The monoisotopic (exact) mass is 218 g/mol. The van der Waals surface area contributed by atoms with Crippen molar-refractivity contribution in [3.63, 3.8) is 0 Å². The highest BCUT2D eigenvalue weighted by molar-refractivity contribution is 5.39. The first-order valence-corrected chi connectivity index (χ1v) is 6.17. The molecule has 1 aromatic rings. The van der Waals surface area contributed by atoms with Crippen LogP contribution in [0.15, 0.2) is 18.2 Å². The maximum Gasteiger partial charge on any atom is 0.0949 e. The molecule has 1 aliphatic rings. The molecule has 0 bridgehead atoms. The Kier molecular flexibility index (Phi) is 2.62. The van der Waals surface area contributed by atoms with Gasteiger partial charge in [-0.25, -0.2) is 0 Å². The van der Waals surface area contributed by atoms with Crippen molar-refractivity contribution in [3.05, 3.63) is 34.9 Å². The summed E-state index contributed by atoms with van der Waals surface area (Å²) in [5.41, 5.74) is 3.01. The predicted octanol–water partition coefficient (Wildman–Crippen LogP) is 3.70. The first-order chi connectivity index (χ1) is 7.38. The third-order valence-electron chi connectivity index (χ3n) is 4.51. The molecule has 1 saturated carbocycles. The van der Waals surface area contributed by atoms with Gasteiger partial charge in [-0.05, 0) is 55.2 Å². The number of hydrogen-bond donors (Lipinski definition) is 1. The van der Waals surface area contributed by atoms with Crippen LogP contribution >= 0.6 is 0 Å². The minimum absolute atomic E-state index is 0.00838. The molecule has 1 fully saturated rings. The van der Waals surface area contributed by atoms with Gasteiger partial charge in [-0.15, -0.1) is 0 Å². The fourth-order valence-electron chi connectivity index (χ4n) is 3.03. The number of benzene rings is 1. The first kappa shape index (κ1) is 11.7. The van der Waals surface area contributed by atoms with Gasteiger partial charge in [-0.2, -0.15) is 0 Å². The average Bonchev–Trinajstić information content (AvgIpc) is 2.47. The van der Waals surface area contributed by atoms with E-state index in [9.17, 15) is 5.11 Å². The van der Waals surface area contributed by atoms with Crippen molar-refractivity contribution in [2.75, 3.05) is 0 Å². The van der Waals surface area contributed by atoms with Crippen molar-refractivity contribution < 1.29 is 5.11 Å². The Hall–Kier alpha value is -0.820. The summed E-state index contributed by atoms with van der Waals surface area (Å²) in [4.78, 5) is 0. The van der Waals surface area contributed by atoms with Crippen LogP contribution in [-0.4, -0.2) is 5.11 Å². The smallest absolute Gasteiger partial charge is 0.0949 e.